The van der Waals surface area contributed by atoms with E-state index in [2.05, 4.69) is 10.6 Å². The van der Waals surface area contributed by atoms with Crippen LogP contribution in [-0.4, -0.2) is 44.1 Å². The van der Waals surface area contributed by atoms with E-state index in [1.54, 1.807) is 7.11 Å². The van der Waals surface area contributed by atoms with Crippen LogP contribution in [-0.2, 0) is 25.6 Å². The SMILES string of the molecule is CC[C@H](C)[C@H](NC(=O)OCc1ccccc1)C(=O)N[C@H]1CCOC1OC. The normalized spacial score (nSPS) is 21.7. The van der Waals surface area contributed by atoms with Gasteiger partial charge in [0.25, 0.3) is 0 Å². The maximum atomic E-state index is 12.7. The van der Waals surface area contributed by atoms with Gasteiger partial charge in [-0.05, 0) is 17.9 Å². The lowest BCUT2D eigenvalue weighted by atomic mass is 9.98. The summed E-state index contributed by atoms with van der Waals surface area (Å²) in [4.78, 5) is 24.8. The second-order valence-corrected chi connectivity index (χ2v) is 6.45. The average molecular weight is 364 g/mol. The molecule has 0 aromatic heterocycles. The molecule has 1 heterocycles. The number of benzene rings is 1. The van der Waals surface area contributed by atoms with Gasteiger partial charge in [0.15, 0.2) is 6.29 Å². The Balaban J connectivity index is 1.91. The Bertz CT molecular complexity index is 581. The van der Waals surface area contributed by atoms with Gasteiger partial charge in [0.05, 0.1) is 12.6 Å². The van der Waals surface area contributed by atoms with Gasteiger partial charge in [-0.1, -0.05) is 50.6 Å². The largest absolute Gasteiger partial charge is 0.445 e. The molecule has 144 valence electrons. The van der Waals surface area contributed by atoms with Crippen LogP contribution in [0.1, 0.15) is 32.3 Å². The van der Waals surface area contributed by atoms with Gasteiger partial charge in [0.2, 0.25) is 5.91 Å². The van der Waals surface area contributed by atoms with Crippen LogP contribution in [0.4, 0.5) is 4.79 Å². The highest BCUT2D eigenvalue weighted by Gasteiger charge is 2.33. The Morgan fingerprint density at radius 2 is 2.04 bits per heavy atom. The summed E-state index contributed by atoms with van der Waals surface area (Å²) in [5.41, 5.74) is 0.887. The van der Waals surface area contributed by atoms with E-state index in [4.69, 9.17) is 14.2 Å². The van der Waals surface area contributed by atoms with Crippen molar-refractivity contribution in [2.45, 2.75) is 51.7 Å². The van der Waals surface area contributed by atoms with Crippen molar-refractivity contribution in [3.05, 3.63) is 35.9 Å². The third kappa shape index (κ3) is 5.71. The zero-order valence-electron chi connectivity index (χ0n) is 15.6. The molecule has 1 fully saturated rings. The van der Waals surface area contributed by atoms with Crippen LogP contribution >= 0.6 is 0 Å². The number of carbonyl (C=O) groups excluding carboxylic acids is 2. The third-order valence-corrected chi connectivity index (χ3v) is 4.58. The summed E-state index contributed by atoms with van der Waals surface area (Å²) in [5, 5.41) is 5.60. The van der Waals surface area contributed by atoms with Gasteiger partial charge < -0.3 is 24.8 Å². The number of hydrogen-bond acceptors (Lipinski definition) is 5. The number of alkyl carbamates (subject to hydrolysis) is 1. The topological polar surface area (TPSA) is 85.9 Å². The fourth-order valence-corrected chi connectivity index (χ4v) is 2.80. The van der Waals surface area contributed by atoms with E-state index in [0.29, 0.717) is 13.0 Å². The molecular formula is C19H28N2O5. The minimum absolute atomic E-state index is 0.0393. The van der Waals surface area contributed by atoms with E-state index >= 15 is 0 Å². The molecular weight excluding hydrogens is 336 g/mol. The Morgan fingerprint density at radius 1 is 1.31 bits per heavy atom. The molecule has 1 aromatic rings. The zero-order chi connectivity index (χ0) is 18.9. The van der Waals surface area contributed by atoms with Gasteiger partial charge in [0, 0.05) is 7.11 Å². The molecule has 0 aliphatic carbocycles. The molecule has 0 saturated carbocycles. The van der Waals surface area contributed by atoms with Crippen molar-refractivity contribution in [2.24, 2.45) is 5.92 Å². The highest BCUT2D eigenvalue weighted by molar-refractivity contribution is 5.86. The maximum Gasteiger partial charge on any atom is 0.408 e. The molecule has 2 N–H and O–H groups in total. The Hall–Kier alpha value is -2.12. The molecule has 1 aliphatic heterocycles. The summed E-state index contributed by atoms with van der Waals surface area (Å²) in [6, 6.07) is 8.49. The van der Waals surface area contributed by atoms with Crippen molar-refractivity contribution in [3.8, 4) is 0 Å². The number of methoxy groups -OCH3 is 1. The summed E-state index contributed by atoms with van der Waals surface area (Å²) in [5.74, 6) is -0.295. The summed E-state index contributed by atoms with van der Waals surface area (Å²) in [7, 11) is 1.54. The second-order valence-electron chi connectivity index (χ2n) is 6.45. The first kappa shape index (κ1) is 20.2. The van der Waals surface area contributed by atoms with Gasteiger partial charge in [-0.3, -0.25) is 4.79 Å². The Labute approximate surface area is 154 Å². The lowest BCUT2D eigenvalue weighted by molar-refractivity contribution is -0.131. The van der Waals surface area contributed by atoms with Gasteiger partial charge >= 0.3 is 6.09 Å². The fourth-order valence-electron chi connectivity index (χ4n) is 2.80. The lowest BCUT2D eigenvalue weighted by Crippen LogP contribution is -2.54. The fraction of sp³-hybridized carbons (Fsp3) is 0.579. The minimum Gasteiger partial charge on any atom is -0.445 e. The van der Waals surface area contributed by atoms with Crippen LogP contribution in [0, 0.1) is 5.92 Å². The van der Waals surface area contributed by atoms with Crippen LogP contribution in [0.5, 0.6) is 0 Å². The molecule has 7 nitrogen and oxygen atoms in total. The van der Waals surface area contributed by atoms with E-state index < -0.39 is 18.4 Å². The molecule has 0 spiro atoms. The van der Waals surface area contributed by atoms with Gasteiger partial charge in [-0.25, -0.2) is 4.79 Å². The zero-order valence-corrected chi connectivity index (χ0v) is 15.6. The van der Waals surface area contributed by atoms with E-state index in [9.17, 15) is 9.59 Å². The van der Waals surface area contributed by atoms with Crippen LogP contribution in [0.25, 0.3) is 0 Å². The molecule has 26 heavy (non-hydrogen) atoms. The number of amides is 2. The Morgan fingerprint density at radius 3 is 2.69 bits per heavy atom. The summed E-state index contributed by atoms with van der Waals surface area (Å²) < 4.78 is 15.8. The number of nitrogens with one attached hydrogen (secondary N) is 2. The molecule has 0 radical (unpaired) electrons. The molecule has 1 unspecified atom stereocenters. The predicted octanol–water partition coefficient (Wildman–Crippen LogP) is 2.21. The first-order valence-electron chi connectivity index (χ1n) is 8.97. The Kier molecular flexibility index (Phi) is 7.87. The van der Waals surface area contributed by atoms with Crippen molar-refractivity contribution < 1.29 is 23.8 Å². The molecule has 2 rings (SSSR count). The number of ether oxygens (including phenoxy) is 3. The van der Waals surface area contributed by atoms with Crippen molar-refractivity contribution in [1.82, 2.24) is 10.6 Å². The molecule has 0 bridgehead atoms. The van der Waals surface area contributed by atoms with Crippen LogP contribution in [0.2, 0.25) is 0 Å². The molecule has 2 amide bonds. The smallest absolute Gasteiger partial charge is 0.408 e. The molecule has 4 atom stereocenters. The number of hydrogen-bond donors (Lipinski definition) is 2. The first-order valence-corrected chi connectivity index (χ1v) is 8.97. The van der Waals surface area contributed by atoms with Crippen LogP contribution in [0.15, 0.2) is 30.3 Å². The van der Waals surface area contributed by atoms with Crippen molar-refractivity contribution in [1.29, 1.82) is 0 Å². The number of rotatable bonds is 8. The van der Waals surface area contributed by atoms with Crippen LogP contribution < -0.4 is 10.6 Å². The molecule has 1 saturated heterocycles. The third-order valence-electron chi connectivity index (χ3n) is 4.58. The molecule has 7 heteroatoms. The molecule has 1 aliphatic rings. The van der Waals surface area contributed by atoms with Gasteiger partial charge in [-0.15, -0.1) is 0 Å². The quantitative estimate of drug-likeness (QED) is 0.739. The van der Waals surface area contributed by atoms with Crippen molar-refractivity contribution >= 4 is 12.0 Å². The van der Waals surface area contributed by atoms with E-state index in [0.717, 1.165) is 12.0 Å². The maximum absolute atomic E-state index is 12.7. The highest BCUT2D eigenvalue weighted by Crippen LogP contribution is 2.16. The van der Waals surface area contributed by atoms with Crippen molar-refractivity contribution in [3.63, 3.8) is 0 Å². The van der Waals surface area contributed by atoms with Crippen LogP contribution in [0.3, 0.4) is 0 Å². The highest BCUT2D eigenvalue weighted by atomic mass is 16.7. The van der Waals surface area contributed by atoms with Crippen molar-refractivity contribution in [2.75, 3.05) is 13.7 Å². The molecule has 1 aromatic carbocycles. The summed E-state index contributed by atoms with van der Waals surface area (Å²) >= 11 is 0. The van der Waals surface area contributed by atoms with Gasteiger partial charge in [0.1, 0.15) is 12.6 Å². The van der Waals surface area contributed by atoms with E-state index in [1.807, 2.05) is 44.2 Å². The average Bonchev–Trinajstić information content (AvgIpc) is 3.11. The predicted molar refractivity (Wildman–Crippen MR) is 96.3 cm³/mol. The standard InChI is InChI=1S/C19H28N2O5/c1-4-13(2)16(17(22)20-15-10-11-25-18(15)24-3)21-19(23)26-12-14-8-6-5-7-9-14/h5-9,13,15-16,18H,4,10-12H2,1-3H3,(H,20,22)(H,21,23)/t13-,15-,16-,18?/m0/s1. The first-order chi connectivity index (χ1) is 12.5. The van der Waals surface area contributed by atoms with Gasteiger partial charge in [-0.2, -0.15) is 0 Å². The van der Waals surface area contributed by atoms with E-state index in [1.165, 1.54) is 0 Å². The number of carbonyl (C=O) groups is 2. The summed E-state index contributed by atoms with van der Waals surface area (Å²) in [6.45, 7) is 4.58. The second kappa shape index (κ2) is 10.1. The van der Waals surface area contributed by atoms with E-state index in [-0.39, 0.29) is 24.5 Å². The minimum atomic E-state index is -0.679. The summed E-state index contributed by atoms with van der Waals surface area (Å²) in [6.07, 6.45) is 0.351. The monoisotopic (exact) mass is 364 g/mol. The lowest BCUT2D eigenvalue weighted by Gasteiger charge is -2.26.